The lowest BCUT2D eigenvalue weighted by molar-refractivity contribution is 0.418. The minimum Gasteiger partial charge on any atom is -0.306 e. The molecule has 2 aromatic carbocycles. The molecule has 1 aliphatic heterocycles. The van der Waals surface area contributed by atoms with E-state index in [9.17, 15) is 0 Å². The third kappa shape index (κ3) is 17.0. The van der Waals surface area contributed by atoms with Crippen molar-refractivity contribution in [3.63, 3.8) is 0 Å². The van der Waals surface area contributed by atoms with E-state index in [4.69, 9.17) is 0 Å². The van der Waals surface area contributed by atoms with Crippen LogP contribution in [0.4, 0.5) is 0 Å². The Hall–Kier alpha value is -1.60. The van der Waals surface area contributed by atoms with Crippen LogP contribution in [0.2, 0.25) is 0 Å². The van der Waals surface area contributed by atoms with Crippen LogP contribution in [-0.4, -0.2) is 25.0 Å². The summed E-state index contributed by atoms with van der Waals surface area (Å²) in [6, 6.07) is 19.1. The molecule has 0 radical (unpaired) electrons. The summed E-state index contributed by atoms with van der Waals surface area (Å²) in [5.41, 5.74) is 4.17. The average molecular weight is 398 g/mol. The Morgan fingerprint density at radius 3 is 1.41 bits per heavy atom. The number of unbranched alkanes of at least 4 members (excludes halogenated alkanes) is 3. The fourth-order valence-electron chi connectivity index (χ4n) is 2.91. The van der Waals surface area contributed by atoms with E-state index in [2.05, 4.69) is 95.1 Å². The van der Waals surface area contributed by atoms with E-state index in [1.807, 2.05) is 6.07 Å². The van der Waals surface area contributed by atoms with E-state index in [0.29, 0.717) is 0 Å². The smallest absolute Gasteiger partial charge is 0.00213 e. The number of likely N-dealkylation sites (tertiary alicyclic amines) is 1. The van der Waals surface area contributed by atoms with Crippen molar-refractivity contribution in [1.82, 2.24) is 4.90 Å². The van der Waals surface area contributed by atoms with Gasteiger partial charge in [-0.1, -0.05) is 114 Å². The first-order valence-corrected chi connectivity index (χ1v) is 11.8. The van der Waals surface area contributed by atoms with Gasteiger partial charge in [-0.3, -0.25) is 0 Å². The zero-order valence-electron chi connectivity index (χ0n) is 20.2. The highest BCUT2D eigenvalue weighted by Gasteiger charge is 2.03. The minimum absolute atomic E-state index is 1.14. The van der Waals surface area contributed by atoms with Gasteiger partial charge in [0.25, 0.3) is 0 Å². The molecule has 1 aliphatic rings. The van der Waals surface area contributed by atoms with Gasteiger partial charge in [0.2, 0.25) is 0 Å². The molecule has 0 amide bonds. The summed E-state index contributed by atoms with van der Waals surface area (Å²) in [5.74, 6) is 0. The lowest BCUT2D eigenvalue weighted by Crippen LogP contribution is -2.10. The summed E-state index contributed by atoms with van der Waals surface area (Å²) in [7, 11) is 2.17. The van der Waals surface area contributed by atoms with Gasteiger partial charge < -0.3 is 4.90 Å². The molecule has 2 aromatic rings. The highest BCUT2D eigenvalue weighted by molar-refractivity contribution is 5.20. The average Bonchev–Trinajstić information content (AvgIpc) is 3.25. The molecule has 0 unspecified atom stereocenters. The van der Waals surface area contributed by atoms with E-state index >= 15 is 0 Å². The van der Waals surface area contributed by atoms with E-state index in [1.54, 1.807) is 0 Å². The number of rotatable bonds is 5. The predicted molar refractivity (Wildman–Crippen MR) is 133 cm³/mol. The first kappa shape index (κ1) is 27.4. The second-order valence-corrected chi connectivity index (χ2v) is 7.90. The molecule has 0 spiro atoms. The van der Waals surface area contributed by atoms with E-state index in [1.165, 1.54) is 68.3 Å². The molecule has 0 aliphatic carbocycles. The van der Waals surface area contributed by atoms with Crippen LogP contribution in [0.5, 0.6) is 0 Å². The van der Waals surface area contributed by atoms with Crippen LogP contribution in [0, 0.1) is 6.92 Å². The van der Waals surface area contributed by atoms with Crippen LogP contribution in [0.25, 0.3) is 0 Å². The number of aryl methyl sites for hydroxylation is 3. The second kappa shape index (κ2) is 19.7. The van der Waals surface area contributed by atoms with Crippen LogP contribution in [-0.2, 0) is 12.8 Å². The highest BCUT2D eigenvalue weighted by atomic mass is 15.1. The molecule has 1 fully saturated rings. The van der Waals surface area contributed by atoms with E-state index in [-0.39, 0.29) is 0 Å². The SMILES string of the molecule is CCCCCC.CCc1ccc(C)cc1.CCc1ccccc1.CN1CCCC1. The standard InChI is InChI=1S/C9H12.C8H10.C6H14.C5H11N/c1-3-9-6-4-8(2)5-7-9;1-2-8-6-4-3-5-7-8;1-3-5-6-4-2;1-6-4-2-3-5-6/h4-7H,3H2,1-2H3;3-7H,2H2,1H3;3-6H2,1-2H3;2-5H2,1H3. The van der Waals surface area contributed by atoms with Crippen molar-refractivity contribution in [2.75, 3.05) is 20.1 Å². The number of nitrogens with zero attached hydrogens (tertiary/aromatic N) is 1. The fraction of sp³-hybridized carbons (Fsp3) is 0.571. The quantitative estimate of drug-likeness (QED) is 0.460. The molecule has 1 heterocycles. The maximum Gasteiger partial charge on any atom is -0.00213 e. The fourth-order valence-corrected chi connectivity index (χ4v) is 2.91. The highest BCUT2D eigenvalue weighted by Crippen LogP contribution is 2.03. The van der Waals surface area contributed by atoms with Gasteiger partial charge in [0.15, 0.2) is 0 Å². The van der Waals surface area contributed by atoms with Crippen LogP contribution >= 0.6 is 0 Å². The minimum atomic E-state index is 1.14. The molecular formula is C28H47N. The van der Waals surface area contributed by atoms with Gasteiger partial charge in [-0.15, -0.1) is 0 Å². The molecule has 1 heteroatoms. The van der Waals surface area contributed by atoms with Gasteiger partial charge in [-0.25, -0.2) is 0 Å². The lowest BCUT2D eigenvalue weighted by Gasteiger charge is -2.01. The van der Waals surface area contributed by atoms with Crippen LogP contribution in [0.15, 0.2) is 54.6 Å². The molecule has 0 bridgehead atoms. The number of hydrogen-bond donors (Lipinski definition) is 0. The lowest BCUT2D eigenvalue weighted by atomic mass is 10.1. The number of hydrogen-bond acceptors (Lipinski definition) is 1. The monoisotopic (exact) mass is 397 g/mol. The Bertz CT molecular complexity index is 549. The van der Waals surface area contributed by atoms with Gasteiger partial charge in [0.05, 0.1) is 0 Å². The van der Waals surface area contributed by atoms with Gasteiger partial charge in [-0.2, -0.15) is 0 Å². The van der Waals surface area contributed by atoms with Gasteiger partial charge in [0.1, 0.15) is 0 Å². The summed E-state index contributed by atoms with van der Waals surface area (Å²) in [5, 5.41) is 0. The van der Waals surface area contributed by atoms with Crippen molar-refractivity contribution < 1.29 is 0 Å². The maximum absolute atomic E-state index is 2.36. The first-order chi connectivity index (χ1) is 14.1. The summed E-state index contributed by atoms with van der Waals surface area (Å²) >= 11 is 0. The topological polar surface area (TPSA) is 3.24 Å². The predicted octanol–water partition coefficient (Wildman–Crippen LogP) is 8.11. The third-order valence-electron chi connectivity index (χ3n) is 5.07. The largest absolute Gasteiger partial charge is 0.306 e. The van der Waals surface area contributed by atoms with Crippen LogP contribution < -0.4 is 0 Å². The van der Waals surface area contributed by atoms with E-state index in [0.717, 1.165) is 12.8 Å². The molecule has 1 saturated heterocycles. The summed E-state index contributed by atoms with van der Waals surface area (Å²) in [4.78, 5) is 2.36. The first-order valence-electron chi connectivity index (χ1n) is 11.8. The van der Waals surface area contributed by atoms with Gasteiger partial charge in [-0.05, 0) is 63.9 Å². The molecule has 0 saturated carbocycles. The molecule has 0 atom stereocenters. The maximum atomic E-state index is 2.36. The molecule has 29 heavy (non-hydrogen) atoms. The Balaban J connectivity index is 0.000000367. The Kier molecular flexibility index (Phi) is 18.6. The zero-order valence-corrected chi connectivity index (χ0v) is 20.2. The molecule has 1 nitrogen and oxygen atoms in total. The van der Waals surface area contributed by atoms with Crippen molar-refractivity contribution in [3.05, 3.63) is 71.3 Å². The Morgan fingerprint density at radius 2 is 1.10 bits per heavy atom. The summed E-state index contributed by atoms with van der Waals surface area (Å²) < 4.78 is 0. The summed E-state index contributed by atoms with van der Waals surface area (Å²) in [6.45, 7) is 13.5. The van der Waals surface area contributed by atoms with Crippen molar-refractivity contribution in [1.29, 1.82) is 0 Å². The van der Waals surface area contributed by atoms with Crippen LogP contribution in [0.1, 0.15) is 82.9 Å². The van der Waals surface area contributed by atoms with E-state index < -0.39 is 0 Å². The molecular weight excluding hydrogens is 350 g/mol. The van der Waals surface area contributed by atoms with Crippen molar-refractivity contribution in [2.24, 2.45) is 0 Å². The Morgan fingerprint density at radius 1 is 0.655 bits per heavy atom. The van der Waals surface area contributed by atoms with Crippen molar-refractivity contribution in [3.8, 4) is 0 Å². The van der Waals surface area contributed by atoms with Crippen molar-refractivity contribution >= 4 is 0 Å². The van der Waals surface area contributed by atoms with Crippen LogP contribution in [0.3, 0.4) is 0 Å². The second-order valence-electron chi connectivity index (χ2n) is 7.90. The van der Waals surface area contributed by atoms with Gasteiger partial charge in [0, 0.05) is 0 Å². The van der Waals surface area contributed by atoms with Gasteiger partial charge >= 0.3 is 0 Å². The number of benzene rings is 2. The van der Waals surface area contributed by atoms with Crippen molar-refractivity contribution in [2.45, 2.75) is 86.0 Å². The zero-order chi connectivity index (χ0) is 21.7. The Labute approximate surface area is 182 Å². The third-order valence-corrected chi connectivity index (χ3v) is 5.07. The summed E-state index contributed by atoms with van der Waals surface area (Å²) in [6.07, 6.45) is 10.6. The molecule has 0 aromatic heterocycles. The molecule has 164 valence electrons. The molecule has 3 rings (SSSR count). The normalized spacial score (nSPS) is 12.6. The molecule has 0 N–H and O–H groups in total.